The largest absolute Gasteiger partial charge is 0.480 e. The number of likely N-dealkylation sites (tertiary alicyclic amines) is 1. The molecule has 0 aromatic heterocycles. The summed E-state index contributed by atoms with van der Waals surface area (Å²) in [6.45, 7) is 2.78. The van der Waals surface area contributed by atoms with Gasteiger partial charge < -0.3 is 10.4 Å². The van der Waals surface area contributed by atoms with Crippen LogP contribution in [0.2, 0.25) is 5.02 Å². The maximum Gasteiger partial charge on any atom is 0.320 e. The van der Waals surface area contributed by atoms with E-state index in [-0.39, 0.29) is 18.5 Å². The standard InChI is InChI=1S/C16H21ClN2O3/c1-2-13(11-5-7-12(17)8-6-11)18-15(20)10-19-9-3-4-14(19)16(21)22/h5-8,13-14H,2-4,9-10H2,1H3,(H,18,20)(H,21,22). The van der Waals surface area contributed by atoms with Gasteiger partial charge in [-0.3, -0.25) is 14.5 Å². The second-order valence-corrected chi connectivity index (χ2v) is 5.98. The maximum absolute atomic E-state index is 12.2. The second kappa shape index (κ2) is 7.61. The average Bonchev–Trinajstić information content (AvgIpc) is 2.94. The minimum atomic E-state index is -0.852. The predicted octanol–water partition coefficient (Wildman–Crippen LogP) is 2.46. The van der Waals surface area contributed by atoms with Gasteiger partial charge >= 0.3 is 5.97 Å². The molecule has 1 aliphatic heterocycles. The molecular weight excluding hydrogens is 304 g/mol. The summed E-state index contributed by atoms with van der Waals surface area (Å²) in [5.41, 5.74) is 0.997. The van der Waals surface area contributed by atoms with Crippen LogP contribution in [0.3, 0.4) is 0 Å². The molecule has 0 spiro atoms. The Labute approximate surface area is 135 Å². The van der Waals surface area contributed by atoms with Gasteiger partial charge in [-0.1, -0.05) is 30.7 Å². The third-order valence-electron chi connectivity index (χ3n) is 4.01. The molecule has 22 heavy (non-hydrogen) atoms. The van der Waals surface area contributed by atoms with Gasteiger partial charge in [0.05, 0.1) is 12.6 Å². The van der Waals surface area contributed by atoms with Crippen LogP contribution in [0.5, 0.6) is 0 Å². The lowest BCUT2D eigenvalue weighted by Gasteiger charge is -2.23. The summed E-state index contributed by atoms with van der Waals surface area (Å²) in [6, 6.07) is 6.76. The highest BCUT2D eigenvalue weighted by atomic mass is 35.5. The Bertz CT molecular complexity index is 533. The van der Waals surface area contributed by atoms with Gasteiger partial charge in [-0.2, -0.15) is 0 Å². The molecule has 0 saturated carbocycles. The van der Waals surface area contributed by atoms with Gasteiger partial charge in [0, 0.05) is 5.02 Å². The number of carbonyl (C=O) groups excluding carboxylic acids is 1. The predicted molar refractivity (Wildman–Crippen MR) is 84.9 cm³/mol. The Kier molecular flexibility index (Phi) is 5.80. The summed E-state index contributed by atoms with van der Waals surface area (Å²) in [5, 5.41) is 12.8. The number of carboxylic acid groups (broad SMARTS) is 1. The zero-order chi connectivity index (χ0) is 16.1. The number of hydrogen-bond donors (Lipinski definition) is 2. The van der Waals surface area contributed by atoms with Crippen LogP contribution >= 0.6 is 11.6 Å². The highest BCUT2D eigenvalue weighted by Crippen LogP contribution is 2.20. The van der Waals surface area contributed by atoms with Crippen molar-refractivity contribution in [1.82, 2.24) is 10.2 Å². The minimum absolute atomic E-state index is 0.0874. The molecule has 6 heteroatoms. The first-order valence-corrected chi connectivity index (χ1v) is 7.90. The maximum atomic E-state index is 12.2. The third kappa shape index (κ3) is 4.21. The highest BCUT2D eigenvalue weighted by Gasteiger charge is 2.31. The van der Waals surface area contributed by atoms with E-state index < -0.39 is 12.0 Å². The van der Waals surface area contributed by atoms with Crippen LogP contribution in [0.1, 0.15) is 37.8 Å². The van der Waals surface area contributed by atoms with Crippen molar-refractivity contribution >= 4 is 23.5 Å². The lowest BCUT2D eigenvalue weighted by atomic mass is 10.0. The Balaban J connectivity index is 1.95. The fourth-order valence-electron chi connectivity index (χ4n) is 2.84. The zero-order valence-electron chi connectivity index (χ0n) is 12.6. The summed E-state index contributed by atoms with van der Waals surface area (Å²) >= 11 is 5.87. The number of aliphatic carboxylic acids is 1. The van der Waals surface area contributed by atoms with Crippen molar-refractivity contribution in [1.29, 1.82) is 0 Å². The van der Waals surface area contributed by atoms with Gasteiger partial charge in [-0.25, -0.2) is 0 Å². The number of halogens is 1. The van der Waals surface area contributed by atoms with Crippen molar-refractivity contribution < 1.29 is 14.7 Å². The number of benzene rings is 1. The van der Waals surface area contributed by atoms with E-state index in [1.54, 1.807) is 17.0 Å². The molecule has 0 aliphatic carbocycles. The van der Waals surface area contributed by atoms with Crippen molar-refractivity contribution in [3.63, 3.8) is 0 Å². The molecule has 1 heterocycles. The number of rotatable bonds is 6. The summed E-state index contributed by atoms with van der Waals surface area (Å²) < 4.78 is 0. The quantitative estimate of drug-likeness (QED) is 0.843. The Morgan fingerprint density at radius 3 is 2.68 bits per heavy atom. The molecule has 1 amide bonds. The number of hydrogen-bond acceptors (Lipinski definition) is 3. The highest BCUT2D eigenvalue weighted by molar-refractivity contribution is 6.30. The first kappa shape index (κ1) is 16.8. The Morgan fingerprint density at radius 1 is 1.41 bits per heavy atom. The van der Waals surface area contributed by atoms with E-state index in [1.165, 1.54) is 0 Å². The smallest absolute Gasteiger partial charge is 0.320 e. The molecule has 120 valence electrons. The van der Waals surface area contributed by atoms with Crippen molar-refractivity contribution in [3.8, 4) is 0 Å². The van der Waals surface area contributed by atoms with Crippen LogP contribution in [0.15, 0.2) is 24.3 Å². The molecule has 5 nitrogen and oxygen atoms in total. The topological polar surface area (TPSA) is 69.6 Å². The molecule has 1 aliphatic rings. The van der Waals surface area contributed by atoms with Gasteiger partial charge in [0.15, 0.2) is 0 Å². The SMILES string of the molecule is CCC(NC(=O)CN1CCCC1C(=O)O)c1ccc(Cl)cc1. The van der Waals surface area contributed by atoms with Crippen LogP contribution < -0.4 is 5.32 Å². The first-order valence-electron chi connectivity index (χ1n) is 7.53. The molecule has 0 radical (unpaired) electrons. The molecule has 1 aromatic carbocycles. The molecule has 1 fully saturated rings. The molecule has 2 unspecified atom stereocenters. The summed E-state index contributed by atoms with van der Waals surface area (Å²) in [5.74, 6) is -0.995. The number of carboxylic acids is 1. The second-order valence-electron chi connectivity index (χ2n) is 5.55. The fourth-order valence-corrected chi connectivity index (χ4v) is 2.96. The number of nitrogens with zero attached hydrogens (tertiary/aromatic N) is 1. The molecule has 2 N–H and O–H groups in total. The summed E-state index contributed by atoms with van der Waals surface area (Å²) in [4.78, 5) is 25.1. The van der Waals surface area contributed by atoms with Gasteiger partial charge in [0.2, 0.25) is 5.91 Å². The molecular formula is C16H21ClN2O3. The number of nitrogens with one attached hydrogen (secondary N) is 1. The fraction of sp³-hybridized carbons (Fsp3) is 0.500. The van der Waals surface area contributed by atoms with Gasteiger partial charge in [-0.15, -0.1) is 0 Å². The van der Waals surface area contributed by atoms with Crippen LogP contribution in [0.4, 0.5) is 0 Å². The number of amides is 1. The van der Waals surface area contributed by atoms with Crippen molar-refractivity contribution in [2.24, 2.45) is 0 Å². The minimum Gasteiger partial charge on any atom is -0.480 e. The van der Waals surface area contributed by atoms with E-state index >= 15 is 0 Å². The Morgan fingerprint density at radius 2 is 2.09 bits per heavy atom. The van der Waals surface area contributed by atoms with Crippen molar-refractivity contribution in [2.75, 3.05) is 13.1 Å². The molecule has 2 rings (SSSR count). The van der Waals surface area contributed by atoms with Gasteiger partial charge in [-0.05, 0) is 43.5 Å². The Hall–Kier alpha value is -1.59. The first-order chi connectivity index (χ1) is 10.5. The van der Waals surface area contributed by atoms with E-state index in [4.69, 9.17) is 16.7 Å². The van der Waals surface area contributed by atoms with Crippen LogP contribution in [0.25, 0.3) is 0 Å². The lowest BCUT2D eigenvalue weighted by molar-refractivity contribution is -0.142. The normalized spacial score (nSPS) is 19.8. The lowest BCUT2D eigenvalue weighted by Crippen LogP contribution is -2.43. The molecule has 1 saturated heterocycles. The molecule has 1 aromatic rings. The van der Waals surface area contributed by atoms with E-state index in [2.05, 4.69) is 5.32 Å². The van der Waals surface area contributed by atoms with Gasteiger partial charge in [0.25, 0.3) is 0 Å². The van der Waals surface area contributed by atoms with Crippen LogP contribution in [-0.2, 0) is 9.59 Å². The van der Waals surface area contributed by atoms with Crippen LogP contribution in [0, 0.1) is 0 Å². The van der Waals surface area contributed by atoms with E-state index in [0.717, 1.165) is 18.4 Å². The molecule has 0 bridgehead atoms. The van der Waals surface area contributed by atoms with Crippen molar-refractivity contribution in [3.05, 3.63) is 34.9 Å². The monoisotopic (exact) mass is 324 g/mol. The van der Waals surface area contributed by atoms with E-state index in [9.17, 15) is 9.59 Å². The number of carbonyl (C=O) groups is 2. The van der Waals surface area contributed by atoms with Gasteiger partial charge in [0.1, 0.15) is 6.04 Å². The molecule has 2 atom stereocenters. The summed E-state index contributed by atoms with van der Waals surface area (Å²) in [6.07, 6.45) is 2.19. The third-order valence-corrected chi connectivity index (χ3v) is 4.26. The van der Waals surface area contributed by atoms with Crippen molar-refractivity contribution in [2.45, 2.75) is 38.3 Å². The van der Waals surface area contributed by atoms with E-state index in [1.807, 2.05) is 19.1 Å². The van der Waals surface area contributed by atoms with Crippen LogP contribution in [-0.4, -0.2) is 41.0 Å². The van der Waals surface area contributed by atoms with E-state index in [0.29, 0.717) is 18.0 Å². The summed E-state index contributed by atoms with van der Waals surface area (Å²) in [7, 11) is 0. The zero-order valence-corrected chi connectivity index (χ0v) is 13.3. The average molecular weight is 325 g/mol.